The Morgan fingerprint density at radius 3 is 2.46 bits per heavy atom. The van der Waals surface area contributed by atoms with Crippen LogP contribution in [-0.2, 0) is 14.3 Å². The van der Waals surface area contributed by atoms with E-state index in [0.29, 0.717) is 33.6 Å². The van der Waals surface area contributed by atoms with Gasteiger partial charge in [-0.15, -0.1) is 0 Å². The predicted molar refractivity (Wildman–Crippen MR) is 141 cm³/mol. The summed E-state index contributed by atoms with van der Waals surface area (Å²) in [5.74, 6) is -2.55. The first-order valence-electron chi connectivity index (χ1n) is 11.5. The molecule has 0 spiro atoms. The molecule has 37 heavy (non-hydrogen) atoms. The molecule has 1 aliphatic heterocycles. The van der Waals surface area contributed by atoms with Crippen LogP contribution in [0.5, 0.6) is 0 Å². The van der Waals surface area contributed by atoms with Gasteiger partial charge in [0, 0.05) is 27.8 Å². The van der Waals surface area contributed by atoms with Gasteiger partial charge in [-0.05, 0) is 48.9 Å². The first-order valence-corrected chi connectivity index (χ1v) is 12.2. The summed E-state index contributed by atoms with van der Waals surface area (Å²) in [6.45, 7) is 2.33. The van der Waals surface area contributed by atoms with Crippen LogP contribution in [0.4, 0.5) is 23.1 Å². The largest absolute Gasteiger partial charge is 0.462 e. The van der Waals surface area contributed by atoms with E-state index in [9.17, 15) is 19.2 Å². The number of esters is 1. The Hall–Kier alpha value is -3.89. The third kappa shape index (κ3) is 6.46. The number of amides is 2. The number of nitrogens with zero attached hydrogens (tertiary/aromatic N) is 1. The summed E-state index contributed by atoms with van der Waals surface area (Å²) in [5.41, 5.74) is 0.643. The molecule has 0 saturated heterocycles. The summed E-state index contributed by atoms with van der Waals surface area (Å²) < 4.78 is 5.17. The Bertz CT molecular complexity index is 1390. The van der Waals surface area contributed by atoms with Gasteiger partial charge in [-0.25, -0.2) is 4.79 Å². The van der Waals surface area contributed by atoms with E-state index in [4.69, 9.17) is 27.9 Å². The Labute approximate surface area is 221 Å². The summed E-state index contributed by atoms with van der Waals surface area (Å²) in [4.78, 5) is 57.3. The Morgan fingerprint density at radius 1 is 1.08 bits per heavy atom. The molecule has 4 rings (SSSR count). The first-order chi connectivity index (χ1) is 17.7. The zero-order valence-corrected chi connectivity index (χ0v) is 21.2. The minimum Gasteiger partial charge on any atom is -0.462 e. The minimum atomic E-state index is -1.08. The fraction of sp³-hybridized carbons (Fsp3) is 0.240. The molecule has 1 unspecified atom stereocenters. The van der Waals surface area contributed by atoms with Crippen molar-refractivity contribution >= 4 is 64.1 Å². The van der Waals surface area contributed by atoms with Crippen molar-refractivity contribution in [2.45, 2.75) is 32.1 Å². The van der Waals surface area contributed by atoms with Crippen molar-refractivity contribution in [2.24, 2.45) is 0 Å². The van der Waals surface area contributed by atoms with Crippen molar-refractivity contribution in [3.05, 3.63) is 74.0 Å². The number of anilines is 4. The minimum absolute atomic E-state index is 0.0269. The van der Waals surface area contributed by atoms with E-state index in [-0.39, 0.29) is 23.8 Å². The predicted octanol–water partition coefficient (Wildman–Crippen LogP) is 4.84. The fourth-order valence-electron chi connectivity index (χ4n) is 3.73. The average Bonchev–Trinajstić information content (AvgIpc) is 2.83. The number of hydrogen-bond acceptors (Lipinski definition) is 7. The topological polar surface area (TPSA) is 142 Å². The Balaban J connectivity index is 1.51. The number of carbonyl (C=O) groups excluding carboxylic acids is 3. The van der Waals surface area contributed by atoms with Gasteiger partial charge in [-0.2, -0.15) is 4.98 Å². The number of unbranched alkanes of at least 4 members (excludes halogenated alkanes) is 1. The van der Waals surface area contributed by atoms with E-state index in [0.717, 1.165) is 12.8 Å². The molecule has 1 atom stereocenters. The van der Waals surface area contributed by atoms with Crippen LogP contribution >= 0.6 is 23.2 Å². The highest BCUT2D eigenvalue weighted by molar-refractivity contribution is 6.35. The van der Waals surface area contributed by atoms with Gasteiger partial charge in [-0.3, -0.25) is 19.4 Å². The van der Waals surface area contributed by atoms with Crippen molar-refractivity contribution in [3.8, 4) is 0 Å². The number of carbonyl (C=O) groups is 3. The Kier molecular flexibility index (Phi) is 8.10. The molecule has 1 aromatic heterocycles. The van der Waals surface area contributed by atoms with E-state index < -0.39 is 29.3 Å². The highest BCUT2D eigenvalue weighted by Crippen LogP contribution is 2.31. The zero-order chi connectivity index (χ0) is 26.5. The Morgan fingerprint density at radius 2 is 1.78 bits per heavy atom. The molecule has 0 bridgehead atoms. The van der Waals surface area contributed by atoms with Crippen LogP contribution in [-0.4, -0.2) is 34.4 Å². The normalized spacial score (nSPS) is 14.4. The van der Waals surface area contributed by atoms with Gasteiger partial charge >= 0.3 is 5.97 Å². The van der Waals surface area contributed by atoms with E-state index in [1.54, 1.807) is 30.3 Å². The maximum Gasteiger partial charge on any atom is 0.338 e. The van der Waals surface area contributed by atoms with Crippen LogP contribution in [0.15, 0.2) is 47.3 Å². The monoisotopic (exact) mass is 543 g/mol. The molecular formula is C25H23Cl2N5O5. The van der Waals surface area contributed by atoms with Gasteiger partial charge in [0.1, 0.15) is 5.82 Å². The maximum absolute atomic E-state index is 13.1. The molecule has 0 fully saturated rings. The maximum atomic E-state index is 13.1. The fourth-order valence-corrected chi connectivity index (χ4v) is 4.25. The van der Waals surface area contributed by atoms with Gasteiger partial charge in [-0.1, -0.05) is 36.5 Å². The number of halogens is 2. The molecule has 0 radical (unpaired) electrons. The number of ether oxygens (including phenoxy) is 1. The number of rotatable bonds is 8. The molecule has 2 amide bonds. The van der Waals surface area contributed by atoms with Crippen LogP contribution in [0.2, 0.25) is 10.0 Å². The van der Waals surface area contributed by atoms with Crippen molar-refractivity contribution in [1.82, 2.24) is 9.97 Å². The molecule has 0 aliphatic carbocycles. The molecule has 12 heteroatoms. The summed E-state index contributed by atoms with van der Waals surface area (Å²) >= 11 is 12.0. The number of hydrogen-bond donors (Lipinski definition) is 4. The van der Waals surface area contributed by atoms with Crippen LogP contribution in [0.1, 0.15) is 48.0 Å². The van der Waals surface area contributed by atoms with Crippen molar-refractivity contribution in [1.29, 1.82) is 0 Å². The zero-order valence-electron chi connectivity index (χ0n) is 19.7. The van der Waals surface area contributed by atoms with Gasteiger partial charge in [0.05, 0.1) is 23.7 Å². The van der Waals surface area contributed by atoms with Crippen LogP contribution in [0.25, 0.3) is 0 Å². The second-order valence-electron chi connectivity index (χ2n) is 8.32. The lowest BCUT2D eigenvalue weighted by molar-refractivity contribution is -0.123. The molecule has 192 valence electrons. The number of benzene rings is 2. The van der Waals surface area contributed by atoms with Crippen molar-refractivity contribution < 1.29 is 19.1 Å². The summed E-state index contributed by atoms with van der Waals surface area (Å²) in [5, 5.41) is 8.87. The van der Waals surface area contributed by atoms with Gasteiger partial charge in [0.25, 0.3) is 5.56 Å². The second-order valence-corrected chi connectivity index (χ2v) is 9.19. The van der Waals surface area contributed by atoms with E-state index in [1.165, 1.54) is 12.1 Å². The lowest BCUT2D eigenvalue weighted by Gasteiger charge is -2.23. The number of aromatic nitrogens is 2. The van der Waals surface area contributed by atoms with Crippen molar-refractivity contribution in [3.63, 3.8) is 0 Å². The molecule has 3 aromatic rings. The summed E-state index contributed by atoms with van der Waals surface area (Å²) in [6, 6.07) is 10.9. The standard InChI is InChI=1S/C25H23Cl2N5O5/c1-2-3-8-37-24(36)13-4-6-16(7-5-13)28-22(34)18-12-19(33)30-21-20(18)23(35)32-25(31-21)29-17-10-14(26)9-15(27)11-17/h4-7,9-11,18H,2-3,8,12H2,1H3,(H,28,34)(H3,29,30,31,32,33,35). The average molecular weight is 544 g/mol. The highest BCUT2D eigenvalue weighted by Gasteiger charge is 2.34. The van der Waals surface area contributed by atoms with Crippen LogP contribution in [0, 0.1) is 0 Å². The molecule has 1 aliphatic rings. The number of nitrogens with one attached hydrogen (secondary N) is 4. The SMILES string of the molecule is CCCCOC(=O)c1ccc(NC(=O)C2CC(=O)Nc3nc(Nc4cc(Cl)cc(Cl)c4)[nH]c(=O)c32)cc1. The van der Waals surface area contributed by atoms with E-state index in [1.807, 2.05) is 6.92 Å². The lowest BCUT2D eigenvalue weighted by Crippen LogP contribution is -2.36. The number of H-pyrrole nitrogens is 1. The van der Waals surface area contributed by atoms with Crippen LogP contribution in [0.3, 0.4) is 0 Å². The highest BCUT2D eigenvalue weighted by atomic mass is 35.5. The lowest BCUT2D eigenvalue weighted by atomic mass is 9.92. The summed E-state index contributed by atoms with van der Waals surface area (Å²) in [6.07, 6.45) is 1.45. The molecule has 4 N–H and O–H groups in total. The quantitative estimate of drug-likeness (QED) is 0.235. The first kappa shape index (κ1) is 26.2. The third-order valence-electron chi connectivity index (χ3n) is 5.51. The van der Waals surface area contributed by atoms with Gasteiger partial charge in [0.15, 0.2) is 0 Å². The van der Waals surface area contributed by atoms with Crippen molar-refractivity contribution in [2.75, 3.05) is 22.6 Å². The van der Waals surface area contributed by atoms with E-state index >= 15 is 0 Å². The van der Waals surface area contributed by atoms with E-state index in [2.05, 4.69) is 25.9 Å². The molecule has 2 heterocycles. The molecule has 2 aromatic carbocycles. The number of aromatic amines is 1. The van der Waals surface area contributed by atoms with Gasteiger partial charge in [0.2, 0.25) is 17.8 Å². The second kappa shape index (κ2) is 11.4. The third-order valence-corrected chi connectivity index (χ3v) is 5.95. The summed E-state index contributed by atoms with van der Waals surface area (Å²) in [7, 11) is 0. The number of fused-ring (bicyclic) bond motifs is 1. The molecule has 10 nitrogen and oxygen atoms in total. The molecular weight excluding hydrogens is 521 g/mol. The molecule has 0 saturated carbocycles. The van der Waals surface area contributed by atoms with Gasteiger partial charge < -0.3 is 20.7 Å². The smallest absolute Gasteiger partial charge is 0.338 e. The van der Waals surface area contributed by atoms with Crippen LogP contribution < -0.4 is 21.5 Å².